The van der Waals surface area contributed by atoms with Crippen molar-refractivity contribution < 1.29 is 9.90 Å². The van der Waals surface area contributed by atoms with Crippen molar-refractivity contribution in [2.75, 3.05) is 0 Å². The van der Waals surface area contributed by atoms with E-state index in [1.165, 1.54) is 35.5 Å². The van der Waals surface area contributed by atoms with Gasteiger partial charge in [0.15, 0.2) is 5.82 Å². The Morgan fingerprint density at radius 2 is 2.20 bits per heavy atom. The van der Waals surface area contributed by atoms with Crippen molar-refractivity contribution in [1.82, 2.24) is 24.3 Å². The number of aromatic nitrogens is 5. The van der Waals surface area contributed by atoms with Crippen molar-refractivity contribution >= 4 is 5.97 Å². The molecule has 0 aliphatic carbocycles. The van der Waals surface area contributed by atoms with Crippen molar-refractivity contribution in [2.45, 2.75) is 0 Å². The van der Waals surface area contributed by atoms with E-state index >= 15 is 0 Å². The Bertz CT molecular complexity index is 798. The minimum atomic E-state index is -1.07. The maximum Gasteiger partial charge on any atom is 0.337 e. The summed E-state index contributed by atoms with van der Waals surface area (Å²) in [5.41, 5.74) is 0.147. The number of hydrogen-bond acceptors (Lipinski definition) is 4. The fraction of sp³-hybridized carbons (Fsp3) is 0. The molecule has 3 heterocycles. The molecule has 8 nitrogen and oxygen atoms in total. The molecule has 8 heteroatoms. The molecule has 0 aliphatic heterocycles. The summed E-state index contributed by atoms with van der Waals surface area (Å²) in [5, 5.41) is 11.6. The molecular weight excluding hydrogens is 262 g/mol. The van der Waals surface area contributed by atoms with Crippen LogP contribution in [0.5, 0.6) is 0 Å². The summed E-state index contributed by atoms with van der Waals surface area (Å²) in [7, 11) is 0. The smallest absolute Gasteiger partial charge is 0.337 e. The number of nitrogens with zero attached hydrogens (tertiary/aromatic N) is 4. The number of H-pyrrole nitrogens is 1. The van der Waals surface area contributed by atoms with Gasteiger partial charge in [0, 0.05) is 24.8 Å². The minimum Gasteiger partial charge on any atom is -0.478 e. The van der Waals surface area contributed by atoms with Gasteiger partial charge in [-0.1, -0.05) is 0 Å². The number of pyridine rings is 1. The molecule has 0 fully saturated rings. The highest BCUT2D eigenvalue weighted by atomic mass is 16.4. The maximum atomic E-state index is 12.2. The molecule has 2 N–H and O–H groups in total. The van der Waals surface area contributed by atoms with Gasteiger partial charge in [0.2, 0.25) is 0 Å². The van der Waals surface area contributed by atoms with Gasteiger partial charge in [-0.2, -0.15) is 4.68 Å². The first-order valence-electron chi connectivity index (χ1n) is 5.65. The van der Waals surface area contributed by atoms with Crippen LogP contribution in [0.1, 0.15) is 10.4 Å². The fourth-order valence-corrected chi connectivity index (χ4v) is 1.76. The Hall–Kier alpha value is -3.16. The van der Waals surface area contributed by atoms with Crippen LogP contribution < -0.4 is 5.56 Å². The molecular formula is C12H9N5O3. The Balaban J connectivity index is 2.03. The molecule has 0 aliphatic rings. The SMILES string of the molecule is O=C(O)c1ccc(-n2[nH]cc(-n3ccnc3)c2=O)nc1. The molecule has 0 saturated carbocycles. The maximum absolute atomic E-state index is 12.2. The average molecular weight is 271 g/mol. The van der Waals surface area contributed by atoms with E-state index in [0.29, 0.717) is 11.5 Å². The van der Waals surface area contributed by atoms with Gasteiger partial charge in [-0.15, -0.1) is 0 Å². The third-order valence-corrected chi connectivity index (χ3v) is 2.76. The van der Waals surface area contributed by atoms with Crippen LogP contribution in [0.3, 0.4) is 0 Å². The Labute approximate surface area is 111 Å². The highest BCUT2D eigenvalue weighted by molar-refractivity contribution is 5.87. The number of nitrogens with one attached hydrogen (secondary N) is 1. The van der Waals surface area contributed by atoms with E-state index < -0.39 is 5.97 Å². The number of hydrogen-bond donors (Lipinski definition) is 2. The highest BCUT2D eigenvalue weighted by Gasteiger charge is 2.11. The number of aromatic amines is 1. The second kappa shape index (κ2) is 4.50. The predicted octanol–water partition coefficient (Wildman–Crippen LogP) is 0.444. The topological polar surface area (TPSA) is 106 Å². The van der Waals surface area contributed by atoms with Crippen molar-refractivity contribution in [3.8, 4) is 11.5 Å². The van der Waals surface area contributed by atoms with Gasteiger partial charge < -0.3 is 5.11 Å². The van der Waals surface area contributed by atoms with Gasteiger partial charge in [0.1, 0.15) is 5.69 Å². The van der Waals surface area contributed by atoms with Gasteiger partial charge in [-0.25, -0.2) is 14.8 Å². The van der Waals surface area contributed by atoms with Crippen molar-refractivity contribution in [3.63, 3.8) is 0 Å². The third kappa shape index (κ3) is 1.88. The predicted molar refractivity (Wildman–Crippen MR) is 68.3 cm³/mol. The van der Waals surface area contributed by atoms with Gasteiger partial charge in [-0.05, 0) is 12.1 Å². The van der Waals surface area contributed by atoms with Crippen LogP contribution in [0.15, 0.2) is 48.0 Å². The number of carboxylic acids is 1. The summed E-state index contributed by atoms with van der Waals surface area (Å²) in [4.78, 5) is 30.8. The third-order valence-electron chi connectivity index (χ3n) is 2.76. The largest absolute Gasteiger partial charge is 0.478 e. The van der Waals surface area contributed by atoms with Gasteiger partial charge in [0.05, 0.1) is 11.9 Å². The number of carboxylic acid groups (broad SMARTS) is 1. The molecule has 3 rings (SSSR count). The molecule has 0 radical (unpaired) electrons. The summed E-state index contributed by atoms with van der Waals surface area (Å²) in [6, 6.07) is 2.84. The van der Waals surface area contributed by atoms with Crippen LogP contribution in [-0.2, 0) is 0 Å². The molecule has 100 valence electrons. The number of carbonyl (C=O) groups is 1. The number of rotatable bonds is 3. The molecule has 0 atom stereocenters. The lowest BCUT2D eigenvalue weighted by molar-refractivity contribution is 0.0696. The van der Waals surface area contributed by atoms with Gasteiger partial charge >= 0.3 is 5.97 Å². The first kappa shape index (κ1) is 11.9. The molecule has 0 saturated heterocycles. The average Bonchev–Trinajstić information content (AvgIpc) is 3.08. The Kier molecular flexibility index (Phi) is 2.68. The van der Waals surface area contributed by atoms with Gasteiger partial charge in [0.25, 0.3) is 5.56 Å². The second-order valence-electron chi connectivity index (χ2n) is 3.98. The molecule has 0 bridgehead atoms. The van der Waals surface area contributed by atoms with Crippen LogP contribution >= 0.6 is 0 Å². The lowest BCUT2D eigenvalue weighted by Crippen LogP contribution is -2.19. The van der Waals surface area contributed by atoms with Gasteiger partial charge in [-0.3, -0.25) is 14.5 Å². The van der Waals surface area contributed by atoms with E-state index in [1.54, 1.807) is 17.0 Å². The van der Waals surface area contributed by atoms with Crippen molar-refractivity contribution in [3.05, 3.63) is 59.2 Å². The zero-order valence-electron chi connectivity index (χ0n) is 10.1. The van der Waals surface area contributed by atoms with E-state index in [1.807, 2.05) is 0 Å². The number of imidazole rings is 1. The highest BCUT2D eigenvalue weighted by Crippen LogP contribution is 2.05. The first-order valence-corrected chi connectivity index (χ1v) is 5.65. The van der Waals surface area contributed by atoms with E-state index in [4.69, 9.17) is 5.11 Å². The first-order chi connectivity index (χ1) is 9.66. The Morgan fingerprint density at radius 3 is 2.80 bits per heavy atom. The van der Waals surface area contributed by atoms with E-state index in [2.05, 4.69) is 15.1 Å². The molecule has 0 spiro atoms. The number of aromatic carboxylic acids is 1. The Morgan fingerprint density at radius 1 is 1.35 bits per heavy atom. The standard InChI is InChI=1S/C12H9N5O3/c18-11-9(16-4-3-13-7-16)6-15-17(11)10-2-1-8(5-14-10)12(19)20/h1-7,15H,(H,19,20). The summed E-state index contributed by atoms with van der Waals surface area (Å²) in [6.45, 7) is 0. The zero-order valence-corrected chi connectivity index (χ0v) is 10.1. The van der Waals surface area contributed by atoms with E-state index in [-0.39, 0.29) is 11.1 Å². The quantitative estimate of drug-likeness (QED) is 0.719. The molecule has 0 aromatic carbocycles. The molecule has 3 aromatic heterocycles. The second-order valence-corrected chi connectivity index (χ2v) is 3.98. The molecule has 20 heavy (non-hydrogen) atoms. The van der Waals surface area contributed by atoms with Crippen molar-refractivity contribution in [2.24, 2.45) is 0 Å². The lowest BCUT2D eigenvalue weighted by atomic mass is 10.3. The van der Waals surface area contributed by atoms with E-state index in [9.17, 15) is 9.59 Å². The van der Waals surface area contributed by atoms with E-state index in [0.717, 1.165) is 0 Å². The summed E-state index contributed by atoms with van der Waals surface area (Å²) < 4.78 is 2.79. The molecule has 0 amide bonds. The molecule has 0 unspecified atom stereocenters. The fourth-order valence-electron chi connectivity index (χ4n) is 1.76. The minimum absolute atomic E-state index is 0.0585. The monoisotopic (exact) mass is 271 g/mol. The summed E-state index contributed by atoms with van der Waals surface area (Å²) in [5.74, 6) is -0.756. The van der Waals surface area contributed by atoms with Crippen LogP contribution in [0.25, 0.3) is 11.5 Å². The van der Waals surface area contributed by atoms with Crippen LogP contribution in [0.4, 0.5) is 0 Å². The normalized spacial score (nSPS) is 10.6. The van der Waals surface area contributed by atoms with Crippen LogP contribution in [-0.4, -0.2) is 35.4 Å². The summed E-state index contributed by atoms with van der Waals surface area (Å²) in [6.07, 6.45) is 7.45. The summed E-state index contributed by atoms with van der Waals surface area (Å²) >= 11 is 0. The van der Waals surface area contributed by atoms with Crippen LogP contribution in [0, 0.1) is 0 Å². The zero-order chi connectivity index (χ0) is 14.1. The lowest BCUT2D eigenvalue weighted by Gasteiger charge is -2.00. The molecule has 3 aromatic rings. The van der Waals surface area contributed by atoms with Crippen LogP contribution in [0.2, 0.25) is 0 Å². The van der Waals surface area contributed by atoms with Crippen molar-refractivity contribution in [1.29, 1.82) is 0 Å².